The van der Waals surface area contributed by atoms with Crippen molar-refractivity contribution in [1.82, 2.24) is 5.32 Å². The Hall–Kier alpha value is -1.85. The van der Waals surface area contributed by atoms with Gasteiger partial charge in [0.2, 0.25) is 0 Å². The van der Waals surface area contributed by atoms with Gasteiger partial charge in [0.15, 0.2) is 0 Å². The number of methoxy groups -OCH3 is 1. The Morgan fingerprint density at radius 1 is 1.12 bits per heavy atom. The second-order valence-corrected chi connectivity index (χ2v) is 6.46. The van der Waals surface area contributed by atoms with Gasteiger partial charge in [-0.25, -0.2) is 0 Å². The molecule has 0 spiro atoms. The molecule has 1 unspecified atom stereocenters. The molecule has 0 saturated carbocycles. The minimum absolute atomic E-state index is 0.0192. The molecule has 0 aliphatic carbocycles. The van der Waals surface area contributed by atoms with E-state index in [1.807, 2.05) is 31.2 Å². The van der Waals surface area contributed by atoms with Gasteiger partial charge in [0.1, 0.15) is 12.4 Å². The average Bonchev–Trinajstić information content (AvgIpc) is 2.57. The predicted molar refractivity (Wildman–Crippen MR) is 98.6 cm³/mol. The molecule has 24 heavy (non-hydrogen) atoms. The van der Waals surface area contributed by atoms with Crippen LogP contribution in [0.25, 0.3) is 0 Å². The van der Waals surface area contributed by atoms with Crippen LogP contribution < -0.4 is 10.1 Å². The van der Waals surface area contributed by atoms with Crippen LogP contribution in [0.5, 0.6) is 5.75 Å². The Kier molecular flexibility index (Phi) is 7.28. The lowest BCUT2D eigenvalue weighted by Crippen LogP contribution is -2.34. The largest absolute Gasteiger partial charge is 0.490 e. The van der Waals surface area contributed by atoms with E-state index in [2.05, 4.69) is 33.4 Å². The molecule has 0 aromatic heterocycles. The summed E-state index contributed by atoms with van der Waals surface area (Å²) in [6, 6.07) is 15.4. The standard InChI is InChI=1S/C19H22BrNO3/c1-14(13-15-7-9-16(20)10-8-15)21-19(22)17-5-3-4-6-18(17)24-12-11-23-2/h3-10,14H,11-13H2,1-2H3,(H,21,22). The van der Waals surface area contributed by atoms with Gasteiger partial charge >= 0.3 is 0 Å². The zero-order valence-corrected chi connectivity index (χ0v) is 15.5. The zero-order chi connectivity index (χ0) is 17.4. The fourth-order valence-corrected chi connectivity index (χ4v) is 2.61. The van der Waals surface area contributed by atoms with Crippen LogP contribution in [0, 0.1) is 0 Å². The van der Waals surface area contributed by atoms with E-state index < -0.39 is 0 Å². The van der Waals surface area contributed by atoms with Crippen molar-refractivity contribution in [3.05, 3.63) is 64.1 Å². The summed E-state index contributed by atoms with van der Waals surface area (Å²) in [5.41, 5.74) is 1.71. The third-order valence-electron chi connectivity index (χ3n) is 3.51. The lowest BCUT2D eigenvalue weighted by molar-refractivity contribution is 0.0932. The number of carbonyl (C=O) groups excluding carboxylic acids is 1. The fraction of sp³-hybridized carbons (Fsp3) is 0.316. The Balaban J connectivity index is 1.97. The van der Waals surface area contributed by atoms with Crippen molar-refractivity contribution >= 4 is 21.8 Å². The van der Waals surface area contributed by atoms with Crippen LogP contribution in [0.2, 0.25) is 0 Å². The number of carbonyl (C=O) groups is 1. The summed E-state index contributed by atoms with van der Waals surface area (Å²) in [6.45, 7) is 2.89. The van der Waals surface area contributed by atoms with E-state index in [0.29, 0.717) is 24.5 Å². The lowest BCUT2D eigenvalue weighted by Gasteiger charge is -2.16. The van der Waals surface area contributed by atoms with Crippen LogP contribution in [-0.2, 0) is 11.2 Å². The van der Waals surface area contributed by atoms with Gasteiger partial charge in [0, 0.05) is 17.6 Å². The quantitative estimate of drug-likeness (QED) is 0.695. The van der Waals surface area contributed by atoms with Crippen molar-refractivity contribution in [2.24, 2.45) is 0 Å². The minimum atomic E-state index is -0.132. The predicted octanol–water partition coefficient (Wildman–Crippen LogP) is 3.84. The first-order chi connectivity index (χ1) is 11.6. The maximum Gasteiger partial charge on any atom is 0.255 e. The second kappa shape index (κ2) is 9.45. The lowest BCUT2D eigenvalue weighted by atomic mass is 10.1. The van der Waals surface area contributed by atoms with E-state index in [-0.39, 0.29) is 11.9 Å². The van der Waals surface area contributed by atoms with Crippen molar-refractivity contribution in [2.75, 3.05) is 20.3 Å². The maximum absolute atomic E-state index is 12.5. The van der Waals surface area contributed by atoms with Gasteiger partial charge in [-0.1, -0.05) is 40.2 Å². The number of rotatable bonds is 8. The van der Waals surface area contributed by atoms with E-state index in [0.717, 1.165) is 10.9 Å². The molecule has 0 bridgehead atoms. The summed E-state index contributed by atoms with van der Waals surface area (Å²) >= 11 is 3.42. The fourth-order valence-electron chi connectivity index (χ4n) is 2.34. The third kappa shape index (κ3) is 5.65. The molecule has 2 aromatic carbocycles. The van der Waals surface area contributed by atoms with Crippen LogP contribution in [0.1, 0.15) is 22.8 Å². The molecule has 1 N–H and O–H groups in total. The Labute approximate surface area is 151 Å². The summed E-state index contributed by atoms with van der Waals surface area (Å²) in [4.78, 5) is 12.5. The number of ether oxygens (including phenoxy) is 2. The van der Waals surface area contributed by atoms with E-state index in [1.54, 1.807) is 19.2 Å². The van der Waals surface area contributed by atoms with Crippen LogP contribution in [0.3, 0.4) is 0 Å². The molecule has 0 aliphatic rings. The number of hydrogen-bond donors (Lipinski definition) is 1. The van der Waals surface area contributed by atoms with Crippen LogP contribution >= 0.6 is 15.9 Å². The monoisotopic (exact) mass is 391 g/mol. The number of nitrogens with one attached hydrogen (secondary N) is 1. The van der Waals surface area contributed by atoms with Gasteiger partial charge in [-0.2, -0.15) is 0 Å². The minimum Gasteiger partial charge on any atom is -0.490 e. The molecule has 0 heterocycles. The number of para-hydroxylation sites is 1. The number of amides is 1. The molecular weight excluding hydrogens is 370 g/mol. The number of benzene rings is 2. The molecular formula is C19H22BrNO3. The highest BCUT2D eigenvalue weighted by Gasteiger charge is 2.14. The van der Waals surface area contributed by atoms with E-state index >= 15 is 0 Å². The number of hydrogen-bond acceptors (Lipinski definition) is 3. The van der Waals surface area contributed by atoms with Gasteiger partial charge in [0.25, 0.3) is 5.91 Å². The van der Waals surface area contributed by atoms with Crippen molar-refractivity contribution in [3.63, 3.8) is 0 Å². The molecule has 2 aromatic rings. The smallest absolute Gasteiger partial charge is 0.255 e. The third-order valence-corrected chi connectivity index (χ3v) is 4.04. The molecule has 1 amide bonds. The molecule has 2 rings (SSSR count). The van der Waals surface area contributed by atoms with Gasteiger partial charge in [-0.15, -0.1) is 0 Å². The molecule has 0 fully saturated rings. The van der Waals surface area contributed by atoms with E-state index in [9.17, 15) is 4.79 Å². The van der Waals surface area contributed by atoms with Crippen molar-refractivity contribution in [3.8, 4) is 5.75 Å². The van der Waals surface area contributed by atoms with E-state index in [1.165, 1.54) is 5.56 Å². The molecule has 5 heteroatoms. The zero-order valence-electron chi connectivity index (χ0n) is 13.9. The van der Waals surface area contributed by atoms with Gasteiger partial charge < -0.3 is 14.8 Å². The van der Waals surface area contributed by atoms with Crippen molar-refractivity contribution < 1.29 is 14.3 Å². The normalized spacial score (nSPS) is 11.8. The highest BCUT2D eigenvalue weighted by atomic mass is 79.9. The van der Waals surface area contributed by atoms with E-state index in [4.69, 9.17) is 9.47 Å². The highest BCUT2D eigenvalue weighted by molar-refractivity contribution is 9.10. The van der Waals surface area contributed by atoms with Crippen LogP contribution in [-0.4, -0.2) is 32.3 Å². The summed E-state index contributed by atoms with van der Waals surface area (Å²) < 4.78 is 11.6. The van der Waals surface area contributed by atoms with Gasteiger partial charge in [-0.05, 0) is 43.2 Å². The van der Waals surface area contributed by atoms with Crippen molar-refractivity contribution in [1.29, 1.82) is 0 Å². The Morgan fingerprint density at radius 2 is 1.83 bits per heavy atom. The summed E-state index contributed by atoms with van der Waals surface area (Å²) in [7, 11) is 1.62. The van der Waals surface area contributed by atoms with Crippen LogP contribution in [0.15, 0.2) is 53.0 Å². The summed E-state index contributed by atoms with van der Waals surface area (Å²) in [5.74, 6) is 0.440. The Morgan fingerprint density at radius 3 is 2.54 bits per heavy atom. The number of halogens is 1. The molecule has 0 aliphatic heterocycles. The second-order valence-electron chi connectivity index (χ2n) is 5.54. The molecule has 0 radical (unpaired) electrons. The molecule has 1 atom stereocenters. The van der Waals surface area contributed by atoms with Crippen molar-refractivity contribution in [2.45, 2.75) is 19.4 Å². The molecule has 4 nitrogen and oxygen atoms in total. The van der Waals surface area contributed by atoms with Gasteiger partial charge in [0.05, 0.1) is 12.2 Å². The average molecular weight is 392 g/mol. The summed E-state index contributed by atoms with van der Waals surface area (Å²) in [5, 5.41) is 3.03. The molecule has 128 valence electrons. The highest BCUT2D eigenvalue weighted by Crippen LogP contribution is 2.18. The first-order valence-corrected chi connectivity index (χ1v) is 8.65. The Bertz CT molecular complexity index is 658. The first-order valence-electron chi connectivity index (χ1n) is 7.86. The topological polar surface area (TPSA) is 47.6 Å². The SMILES string of the molecule is COCCOc1ccccc1C(=O)NC(C)Cc1ccc(Br)cc1. The maximum atomic E-state index is 12.5. The van der Waals surface area contributed by atoms with Gasteiger partial charge in [-0.3, -0.25) is 4.79 Å². The molecule has 0 saturated heterocycles. The van der Waals surface area contributed by atoms with Crippen LogP contribution in [0.4, 0.5) is 0 Å². The summed E-state index contributed by atoms with van der Waals surface area (Å²) in [6.07, 6.45) is 0.770. The first kappa shape index (κ1) is 18.5.